The molecule has 0 bridgehead atoms. The van der Waals surface area contributed by atoms with Gasteiger partial charge in [0.25, 0.3) is 5.91 Å². The normalized spacial score (nSPS) is 11.9. The van der Waals surface area contributed by atoms with Crippen LogP contribution in [0.25, 0.3) is 11.3 Å². The molecule has 5 heteroatoms. The summed E-state index contributed by atoms with van der Waals surface area (Å²) in [6.07, 6.45) is 4.80. The summed E-state index contributed by atoms with van der Waals surface area (Å²) in [5.74, 6) is -0.226. The van der Waals surface area contributed by atoms with Gasteiger partial charge < -0.3 is 9.84 Å². The van der Waals surface area contributed by atoms with Crippen LogP contribution in [0.5, 0.6) is 0 Å². The number of amides is 1. The second-order valence-electron chi connectivity index (χ2n) is 4.92. The van der Waals surface area contributed by atoms with Crippen molar-refractivity contribution in [1.82, 2.24) is 15.5 Å². The molecule has 3 aromatic rings. The van der Waals surface area contributed by atoms with Gasteiger partial charge in [-0.3, -0.25) is 9.78 Å². The summed E-state index contributed by atoms with van der Waals surface area (Å²) < 4.78 is 4.99. The van der Waals surface area contributed by atoms with Crippen LogP contribution in [0, 0.1) is 0 Å². The van der Waals surface area contributed by atoms with Crippen LogP contribution in [0.4, 0.5) is 0 Å². The molecule has 2 heterocycles. The zero-order chi connectivity index (χ0) is 15.4. The number of rotatable bonds is 4. The van der Waals surface area contributed by atoms with Crippen molar-refractivity contribution < 1.29 is 9.32 Å². The van der Waals surface area contributed by atoms with Crippen LogP contribution in [0.1, 0.15) is 28.9 Å². The molecule has 3 rings (SSSR count). The van der Waals surface area contributed by atoms with Crippen LogP contribution >= 0.6 is 0 Å². The standard InChI is InChI=1S/C17H15N3O2/c1-12(14-8-5-9-18-10-14)19-17(21)15-11-22-20-16(15)13-6-3-2-4-7-13/h2-12H,1H3,(H,19,21)/t12-/m1/s1. The van der Waals surface area contributed by atoms with Crippen molar-refractivity contribution in [2.24, 2.45) is 0 Å². The molecule has 0 aliphatic rings. The van der Waals surface area contributed by atoms with Crippen LogP contribution in [0.15, 0.2) is 65.6 Å². The quantitative estimate of drug-likeness (QED) is 0.802. The molecule has 22 heavy (non-hydrogen) atoms. The predicted molar refractivity (Wildman–Crippen MR) is 82.1 cm³/mol. The fourth-order valence-electron chi connectivity index (χ4n) is 2.19. The summed E-state index contributed by atoms with van der Waals surface area (Å²) in [7, 11) is 0. The van der Waals surface area contributed by atoms with Gasteiger partial charge in [0, 0.05) is 18.0 Å². The van der Waals surface area contributed by atoms with E-state index in [9.17, 15) is 4.79 Å². The molecule has 2 aromatic heterocycles. The number of hydrogen-bond donors (Lipinski definition) is 1. The van der Waals surface area contributed by atoms with Gasteiger partial charge in [0.1, 0.15) is 17.5 Å². The number of hydrogen-bond acceptors (Lipinski definition) is 4. The van der Waals surface area contributed by atoms with Gasteiger partial charge in [0.05, 0.1) is 6.04 Å². The monoisotopic (exact) mass is 293 g/mol. The number of benzene rings is 1. The van der Waals surface area contributed by atoms with Gasteiger partial charge in [-0.2, -0.15) is 0 Å². The molecule has 0 saturated carbocycles. The van der Waals surface area contributed by atoms with E-state index >= 15 is 0 Å². The van der Waals surface area contributed by atoms with Crippen LogP contribution in [0.2, 0.25) is 0 Å². The number of nitrogens with zero attached hydrogens (tertiary/aromatic N) is 2. The first-order valence-electron chi connectivity index (χ1n) is 6.96. The highest BCUT2D eigenvalue weighted by atomic mass is 16.5. The molecule has 5 nitrogen and oxygen atoms in total. The maximum Gasteiger partial charge on any atom is 0.257 e. The van der Waals surface area contributed by atoms with Gasteiger partial charge in [0.15, 0.2) is 0 Å². The molecule has 0 aliphatic carbocycles. The smallest absolute Gasteiger partial charge is 0.257 e. The summed E-state index contributed by atoms with van der Waals surface area (Å²) in [6.45, 7) is 1.91. The summed E-state index contributed by atoms with van der Waals surface area (Å²) >= 11 is 0. The third-order valence-corrected chi connectivity index (χ3v) is 3.39. The first kappa shape index (κ1) is 14.0. The number of aromatic nitrogens is 2. The van der Waals surface area contributed by atoms with E-state index in [-0.39, 0.29) is 11.9 Å². The first-order valence-corrected chi connectivity index (χ1v) is 6.96. The topological polar surface area (TPSA) is 68.0 Å². The lowest BCUT2D eigenvalue weighted by molar-refractivity contribution is 0.0940. The van der Waals surface area contributed by atoms with Crippen molar-refractivity contribution in [3.63, 3.8) is 0 Å². The zero-order valence-electron chi connectivity index (χ0n) is 12.1. The summed E-state index contributed by atoms with van der Waals surface area (Å²) in [6, 6.07) is 13.1. The highest BCUT2D eigenvalue weighted by Gasteiger charge is 2.19. The van der Waals surface area contributed by atoms with E-state index in [0.717, 1.165) is 11.1 Å². The lowest BCUT2D eigenvalue weighted by Gasteiger charge is -2.13. The zero-order valence-corrected chi connectivity index (χ0v) is 12.1. The summed E-state index contributed by atoms with van der Waals surface area (Å²) in [5.41, 5.74) is 2.74. The molecule has 1 atom stereocenters. The minimum Gasteiger partial charge on any atom is -0.363 e. The second kappa shape index (κ2) is 6.22. The van der Waals surface area contributed by atoms with Crippen molar-refractivity contribution in [2.45, 2.75) is 13.0 Å². The van der Waals surface area contributed by atoms with Gasteiger partial charge in [0.2, 0.25) is 0 Å². The van der Waals surface area contributed by atoms with Crippen LogP contribution in [-0.2, 0) is 0 Å². The Morgan fingerprint density at radius 3 is 2.73 bits per heavy atom. The minimum atomic E-state index is -0.226. The van der Waals surface area contributed by atoms with Crippen molar-refractivity contribution in [2.75, 3.05) is 0 Å². The van der Waals surface area contributed by atoms with E-state index in [0.29, 0.717) is 11.3 Å². The van der Waals surface area contributed by atoms with Gasteiger partial charge in [-0.15, -0.1) is 0 Å². The Labute approximate surface area is 128 Å². The van der Waals surface area contributed by atoms with Gasteiger partial charge in [-0.1, -0.05) is 41.6 Å². The number of carbonyl (C=O) groups is 1. The molecular formula is C17H15N3O2. The van der Waals surface area contributed by atoms with Crippen LogP contribution < -0.4 is 5.32 Å². The fraction of sp³-hybridized carbons (Fsp3) is 0.118. The van der Waals surface area contributed by atoms with E-state index in [4.69, 9.17) is 4.52 Å². The Balaban J connectivity index is 1.81. The molecule has 1 N–H and O–H groups in total. The molecule has 1 aromatic carbocycles. The molecule has 0 radical (unpaired) electrons. The van der Waals surface area contributed by atoms with Crippen molar-refractivity contribution in [3.8, 4) is 11.3 Å². The van der Waals surface area contributed by atoms with Crippen LogP contribution in [0.3, 0.4) is 0 Å². The van der Waals surface area contributed by atoms with Gasteiger partial charge >= 0.3 is 0 Å². The third kappa shape index (κ3) is 2.88. The van der Waals surface area contributed by atoms with Crippen molar-refractivity contribution >= 4 is 5.91 Å². The maximum absolute atomic E-state index is 12.5. The van der Waals surface area contributed by atoms with E-state index < -0.39 is 0 Å². The number of pyridine rings is 1. The van der Waals surface area contributed by atoms with E-state index in [1.165, 1.54) is 6.26 Å². The highest BCUT2D eigenvalue weighted by molar-refractivity contribution is 5.99. The molecule has 0 unspecified atom stereocenters. The molecule has 110 valence electrons. The highest BCUT2D eigenvalue weighted by Crippen LogP contribution is 2.22. The lowest BCUT2D eigenvalue weighted by Crippen LogP contribution is -2.26. The number of carbonyl (C=O) groups excluding carboxylic acids is 1. The summed E-state index contributed by atoms with van der Waals surface area (Å²) in [5, 5.41) is 6.87. The second-order valence-corrected chi connectivity index (χ2v) is 4.92. The van der Waals surface area contributed by atoms with E-state index in [1.54, 1.807) is 12.4 Å². The molecule has 0 aliphatic heterocycles. The van der Waals surface area contributed by atoms with E-state index in [1.807, 2.05) is 49.4 Å². The first-order chi connectivity index (χ1) is 10.8. The van der Waals surface area contributed by atoms with Crippen molar-refractivity contribution in [3.05, 3.63) is 72.2 Å². The van der Waals surface area contributed by atoms with Gasteiger partial charge in [-0.25, -0.2) is 0 Å². The van der Waals surface area contributed by atoms with E-state index in [2.05, 4.69) is 15.5 Å². The largest absolute Gasteiger partial charge is 0.363 e. The third-order valence-electron chi connectivity index (χ3n) is 3.39. The van der Waals surface area contributed by atoms with Crippen LogP contribution in [-0.4, -0.2) is 16.0 Å². The molecule has 0 spiro atoms. The Morgan fingerprint density at radius 2 is 2.00 bits per heavy atom. The number of nitrogens with one attached hydrogen (secondary N) is 1. The molecule has 1 amide bonds. The maximum atomic E-state index is 12.5. The Kier molecular flexibility index (Phi) is 3.96. The Hall–Kier alpha value is -2.95. The minimum absolute atomic E-state index is 0.153. The average molecular weight is 293 g/mol. The fourth-order valence-corrected chi connectivity index (χ4v) is 2.19. The molecule has 0 fully saturated rings. The average Bonchev–Trinajstić information content (AvgIpc) is 3.06. The molecular weight excluding hydrogens is 278 g/mol. The summed E-state index contributed by atoms with van der Waals surface area (Å²) in [4.78, 5) is 16.5. The van der Waals surface area contributed by atoms with Crippen molar-refractivity contribution in [1.29, 1.82) is 0 Å². The predicted octanol–water partition coefficient (Wildman–Crippen LogP) is 3.23. The molecule has 0 saturated heterocycles. The Morgan fingerprint density at radius 1 is 1.18 bits per heavy atom. The lowest BCUT2D eigenvalue weighted by atomic mass is 10.1. The van der Waals surface area contributed by atoms with Gasteiger partial charge in [-0.05, 0) is 18.6 Å². The SMILES string of the molecule is C[C@@H](NC(=O)c1conc1-c1ccccc1)c1cccnc1. The Bertz CT molecular complexity index is 754.